The van der Waals surface area contributed by atoms with E-state index in [9.17, 15) is 18.0 Å². The van der Waals surface area contributed by atoms with Crippen molar-refractivity contribution in [3.63, 3.8) is 0 Å². The molecule has 128 valence electrons. The first-order chi connectivity index (χ1) is 11.1. The van der Waals surface area contributed by atoms with Gasteiger partial charge in [-0.2, -0.15) is 0 Å². The van der Waals surface area contributed by atoms with Gasteiger partial charge < -0.3 is 9.72 Å². The minimum absolute atomic E-state index is 0.00634. The lowest BCUT2D eigenvalue weighted by atomic mass is 9.99. The number of methoxy groups -OCH3 is 1. The molecule has 1 N–H and O–H groups in total. The van der Waals surface area contributed by atoms with Crippen LogP contribution in [0.2, 0.25) is 5.02 Å². The maximum absolute atomic E-state index is 12.9. The number of benzene rings is 1. The van der Waals surface area contributed by atoms with Gasteiger partial charge >= 0.3 is 5.97 Å². The normalized spacial score (nSPS) is 11.4. The monoisotopic (exact) mass is 369 g/mol. The van der Waals surface area contributed by atoms with Gasteiger partial charge in [0.25, 0.3) is 0 Å². The van der Waals surface area contributed by atoms with E-state index in [1.54, 1.807) is 13.8 Å². The van der Waals surface area contributed by atoms with Gasteiger partial charge in [0.05, 0.1) is 28.2 Å². The molecule has 2 rings (SSSR count). The standard InChI is InChI=1S/C16H16ClNO5S/c1-8-13(14(9(2)18-8)16(20)23-3)15(19)11-7-10(24(4,21)22)5-6-12(11)17/h5-7,18H,1-4H3. The predicted octanol–water partition coefficient (Wildman–Crippen LogP) is 2.71. The number of ketones is 1. The molecule has 0 saturated heterocycles. The van der Waals surface area contributed by atoms with Gasteiger partial charge in [-0.3, -0.25) is 4.79 Å². The van der Waals surface area contributed by atoms with Crippen LogP contribution >= 0.6 is 11.6 Å². The third kappa shape index (κ3) is 3.22. The molecule has 0 atom stereocenters. The van der Waals surface area contributed by atoms with E-state index in [0.717, 1.165) is 6.26 Å². The molecular weight excluding hydrogens is 354 g/mol. The van der Waals surface area contributed by atoms with Gasteiger partial charge in [-0.25, -0.2) is 13.2 Å². The molecule has 0 spiro atoms. The van der Waals surface area contributed by atoms with Crippen molar-refractivity contribution in [3.8, 4) is 0 Å². The average molecular weight is 370 g/mol. The van der Waals surface area contributed by atoms with E-state index < -0.39 is 21.6 Å². The summed E-state index contributed by atoms with van der Waals surface area (Å²) >= 11 is 6.07. The fourth-order valence-corrected chi connectivity index (χ4v) is 3.32. The Balaban J connectivity index is 2.69. The van der Waals surface area contributed by atoms with E-state index in [4.69, 9.17) is 16.3 Å². The number of aromatic nitrogens is 1. The second kappa shape index (κ2) is 6.41. The Bertz CT molecular complexity index is 944. The summed E-state index contributed by atoms with van der Waals surface area (Å²) in [6, 6.07) is 3.88. The number of esters is 1. The summed E-state index contributed by atoms with van der Waals surface area (Å²) in [6.45, 7) is 3.28. The maximum Gasteiger partial charge on any atom is 0.340 e. The zero-order valence-corrected chi connectivity index (χ0v) is 15.1. The Kier molecular flexibility index (Phi) is 4.87. The lowest BCUT2D eigenvalue weighted by Crippen LogP contribution is -2.12. The molecule has 2 aromatic rings. The van der Waals surface area contributed by atoms with E-state index in [2.05, 4.69) is 4.98 Å². The van der Waals surface area contributed by atoms with Crippen LogP contribution in [0, 0.1) is 13.8 Å². The van der Waals surface area contributed by atoms with Gasteiger partial charge in [0.2, 0.25) is 0 Å². The number of H-pyrrole nitrogens is 1. The number of aromatic amines is 1. The van der Waals surface area contributed by atoms with Gasteiger partial charge in [-0.05, 0) is 32.0 Å². The molecule has 24 heavy (non-hydrogen) atoms. The van der Waals surface area contributed by atoms with Gasteiger partial charge in [0.1, 0.15) is 0 Å². The van der Waals surface area contributed by atoms with Crippen LogP contribution < -0.4 is 0 Å². The van der Waals surface area contributed by atoms with E-state index in [-0.39, 0.29) is 26.6 Å². The van der Waals surface area contributed by atoms with Gasteiger partial charge in [0, 0.05) is 23.2 Å². The van der Waals surface area contributed by atoms with Crippen molar-refractivity contribution in [3.05, 3.63) is 51.3 Å². The molecule has 1 heterocycles. The van der Waals surface area contributed by atoms with Crippen molar-refractivity contribution in [1.29, 1.82) is 0 Å². The number of ether oxygens (including phenoxy) is 1. The molecule has 0 aliphatic carbocycles. The quantitative estimate of drug-likeness (QED) is 0.660. The number of hydrogen-bond acceptors (Lipinski definition) is 5. The number of hydrogen-bond donors (Lipinski definition) is 1. The van der Waals surface area contributed by atoms with Crippen LogP contribution in [-0.4, -0.2) is 38.5 Å². The summed E-state index contributed by atoms with van der Waals surface area (Å²) in [4.78, 5) is 27.8. The second-order valence-electron chi connectivity index (χ2n) is 5.36. The largest absolute Gasteiger partial charge is 0.465 e. The Morgan fingerprint density at radius 2 is 1.71 bits per heavy atom. The summed E-state index contributed by atoms with van der Waals surface area (Å²) in [6.07, 6.45) is 1.04. The average Bonchev–Trinajstić information content (AvgIpc) is 2.79. The van der Waals surface area contributed by atoms with Crippen LogP contribution in [0.5, 0.6) is 0 Å². The molecule has 0 aliphatic heterocycles. The Morgan fingerprint density at radius 3 is 2.25 bits per heavy atom. The number of sulfone groups is 1. The van der Waals surface area contributed by atoms with Crippen molar-refractivity contribution in [2.45, 2.75) is 18.7 Å². The smallest absolute Gasteiger partial charge is 0.340 e. The fourth-order valence-electron chi connectivity index (χ4n) is 2.47. The third-order valence-corrected chi connectivity index (χ3v) is 5.04. The zero-order valence-electron chi connectivity index (χ0n) is 13.6. The Morgan fingerprint density at radius 1 is 1.12 bits per heavy atom. The SMILES string of the molecule is COC(=O)c1c(C)[nH]c(C)c1C(=O)c1cc(S(C)(=O)=O)ccc1Cl. The summed E-state index contributed by atoms with van der Waals surface area (Å²) in [5, 5.41) is 0.0986. The van der Waals surface area contributed by atoms with Crippen molar-refractivity contribution in [1.82, 2.24) is 4.98 Å². The van der Waals surface area contributed by atoms with Crippen LogP contribution in [0.1, 0.15) is 37.7 Å². The van der Waals surface area contributed by atoms with Crippen LogP contribution in [0.25, 0.3) is 0 Å². The minimum Gasteiger partial charge on any atom is -0.465 e. The first-order valence-corrected chi connectivity index (χ1v) is 9.16. The summed E-state index contributed by atoms with van der Waals surface area (Å²) < 4.78 is 28.2. The van der Waals surface area contributed by atoms with E-state index in [1.807, 2.05) is 0 Å². The van der Waals surface area contributed by atoms with Crippen molar-refractivity contribution in [2.24, 2.45) is 0 Å². The first-order valence-electron chi connectivity index (χ1n) is 6.89. The fraction of sp³-hybridized carbons (Fsp3) is 0.250. The summed E-state index contributed by atoms with van der Waals surface area (Å²) in [5.74, 6) is -1.21. The number of rotatable bonds is 4. The number of halogens is 1. The molecule has 1 aromatic heterocycles. The van der Waals surface area contributed by atoms with Gasteiger partial charge in [-0.1, -0.05) is 11.6 Å². The minimum atomic E-state index is -3.50. The molecule has 0 saturated carbocycles. The molecule has 0 fully saturated rings. The van der Waals surface area contributed by atoms with E-state index in [1.165, 1.54) is 25.3 Å². The second-order valence-corrected chi connectivity index (χ2v) is 7.78. The predicted molar refractivity (Wildman–Crippen MR) is 89.6 cm³/mol. The molecule has 0 amide bonds. The van der Waals surface area contributed by atoms with Gasteiger partial charge in [-0.15, -0.1) is 0 Å². The lowest BCUT2D eigenvalue weighted by Gasteiger charge is -2.08. The Labute approximate surface area is 144 Å². The number of aryl methyl sites for hydroxylation is 2. The maximum atomic E-state index is 12.9. The topological polar surface area (TPSA) is 93.3 Å². The third-order valence-electron chi connectivity index (χ3n) is 3.60. The highest BCUT2D eigenvalue weighted by Gasteiger charge is 2.27. The number of nitrogens with one attached hydrogen (secondary N) is 1. The molecule has 0 aliphatic rings. The van der Waals surface area contributed by atoms with Crippen LogP contribution in [0.4, 0.5) is 0 Å². The molecular formula is C16H16ClNO5S. The molecule has 0 unspecified atom stereocenters. The highest BCUT2D eigenvalue weighted by Crippen LogP contribution is 2.28. The highest BCUT2D eigenvalue weighted by molar-refractivity contribution is 7.90. The van der Waals surface area contributed by atoms with Gasteiger partial charge in [0.15, 0.2) is 15.6 Å². The van der Waals surface area contributed by atoms with E-state index >= 15 is 0 Å². The number of carbonyl (C=O) groups excluding carboxylic acids is 2. The molecule has 6 nitrogen and oxygen atoms in total. The summed E-state index contributed by atoms with van der Waals surface area (Å²) in [5.41, 5.74) is 1.19. The van der Waals surface area contributed by atoms with Crippen LogP contribution in [0.15, 0.2) is 23.1 Å². The Hall–Kier alpha value is -2.12. The molecule has 8 heteroatoms. The first kappa shape index (κ1) is 18.2. The molecule has 0 bridgehead atoms. The molecule has 0 radical (unpaired) electrons. The zero-order chi connectivity index (χ0) is 18.2. The lowest BCUT2D eigenvalue weighted by molar-refractivity contribution is 0.0597. The van der Waals surface area contributed by atoms with Crippen molar-refractivity contribution in [2.75, 3.05) is 13.4 Å². The van der Waals surface area contributed by atoms with Crippen LogP contribution in [0.3, 0.4) is 0 Å². The van der Waals surface area contributed by atoms with E-state index in [0.29, 0.717) is 11.4 Å². The summed E-state index contributed by atoms with van der Waals surface area (Å²) in [7, 11) is -2.29. The van der Waals surface area contributed by atoms with Crippen molar-refractivity contribution < 1.29 is 22.7 Å². The van der Waals surface area contributed by atoms with Crippen LogP contribution in [-0.2, 0) is 14.6 Å². The highest BCUT2D eigenvalue weighted by atomic mass is 35.5. The van der Waals surface area contributed by atoms with Crippen molar-refractivity contribution >= 4 is 33.2 Å². The number of carbonyl (C=O) groups is 2. The molecule has 1 aromatic carbocycles.